The molecule has 0 aromatic heterocycles. The largest absolute Gasteiger partial charge is 0.493 e. The Bertz CT molecular complexity index is 549. The Morgan fingerprint density at radius 3 is 2.19 bits per heavy atom. The van der Waals surface area contributed by atoms with Gasteiger partial charge in [-0.15, -0.1) is 0 Å². The van der Waals surface area contributed by atoms with Gasteiger partial charge in [-0.3, -0.25) is 4.79 Å². The zero-order chi connectivity index (χ0) is 16.2. The van der Waals surface area contributed by atoms with Gasteiger partial charge in [-0.1, -0.05) is 0 Å². The minimum atomic E-state index is -1.18. The molecule has 7 heteroatoms. The first kappa shape index (κ1) is 16.8. The number of ether oxygens (including phenoxy) is 2. The minimum Gasteiger partial charge on any atom is -0.493 e. The minimum absolute atomic E-state index is 0.0560. The molecular formula is C14H20N2O5. The summed E-state index contributed by atoms with van der Waals surface area (Å²) >= 11 is 0. The normalized spacial score (nSPS) is 10.9. The van der Waals surface area contributed by atoms with Gasteiger partial charge in [0.15, 0.2) is 11.5 Å². The summed E-state index contributed by atoms with van der Waals surface area (Å²) in [5.74, 6) is -0.965. The van der Waals surface area contributed by atoms with Gasteiger partial charge in [0.2, 0.25) is 5.91 Å². The van der Waals surface area contributed by atoms with Gasteiger partial charge in [0, 0.05) is 24.1 Å². The number of rotatable bonds is 6. The molecule has 1 amide bonds. The van der Waals surface area contributed by atoms with Crippen molar-refractivity contribution in [3.05, 3.63) is 17.7 Å². The van der Waals surface area contributed by atoms with Crippen molar-refractivity contribution in [3.63, 3.8) is 0 Å². The zero-order valence-electron chi connectivity index (χ0n) is 12.5. The maximum absolute atomic E-state index is 11.9. The number of amides is 1. The van der Waals surface area contributed by atoms with Gasteiger partial charge in [0.1, 0.15) is 0 Å². The molecule has 1 rings (SSSR count). The van der Waals surface area contributed by atoms with Crippen LogP contribution in [0.1, 0.15) is 30.6 Å². The van der Waals surface area contributed by atoms with Crippen molar-refractivity contribution < 1.29 is 24.2 Å². The van der Waals surface area contributed by atoms with Crippen LogP contribution in [0.3, 0.4) is 0 Å². The van der Waals surface area contributed by atoms with Crippen LogP contribution in [0.5, 0.6) is 11.5 Å². The van der Waals surface area contributed by atoms with E-state index < -0.39 is 11.5 Å². The Hall–Kier alpha value is -2.28. The molecule has 0 heterocycles. The first-order valence-electron chi connectivity index (χ1n) is 6.26. The highest BCUT2D eigenvalue weighted by Crippen LogP contribution is 2.33. The maximum atomic E-state index is 11.9. The van der Waals surface area contributed by atoms with E-state index in [1.54, 1.807) is 13.8 Å². The molecule has 0 saturated carbocycles. The molecule has 4 N–H and O–H groups in total. The summed E-state index contributed by atoms with van der Waals surface area (Å²) in [5.41, 5.74) is 5.12. The number of nitrogens with two attached hydrogens (primary N) is 1. The molecule has 0 aliphatic carbocycles. The third-order valence-electron chi connectivity index (χ3n) is 2.64. The van der Waals surface area contributed by atoms with Crippen LogP contribution in [0.25, 0.3) is 0 Å². The third-order valence-corrected chi connectivity index (χ3v) is 2.64. The smallest absolute Gasteiger partial charge is 0.337 e. The second-order valence-corrected chi connectivity index (χ2v) is 5.27. The number of carbonyl (C=O) groups is 2. The van der Waals surface area contributed by atoms with Gasteiger partial charge in [0.25, 0.3) is 0 Å². The molecule has 116 valence electrons. The summed E-state index contributed by atoms with van der Waals surface area (Å²) in [7, 11) is 2.82. The van der Waals surface area contributed by atoms with Crippen LogP contribution < -0.4 is 20.5 Å². The molecule has 1 aromatic carbocycles. The fourth-order valence-corrected chi connectivity index (χ4v) is 1.77. The predicted octanol–water partition coefficient (Wildman–Crippen LogP) is 1.47. The molecule has 0 fully saturated rings. The van der Waals surface area contributed by atoms with E-state index in [9.17, 15) is 14.7 Å². The molecule has 0 aliphatic heterocycles. The lowest BCUT2D eigenvalue weighted by Crippen LogP contribution is -2.36. The number of aromatic carboxylic acids is 1. The van der Waals surface area contributed by atoms with Crippen LogP contribution in [0.4, 0.5) is 5.69 Å². The molecule has 0 saturated heterocycles. The second kappa shape index (κ2) is 6.45. The van der Waals surface area contributed by atoms with Crippen molar-refractivity contribution in [1.82, 2.24) is 0 Å². The second-order valence-electron chi connectivity index (χ2n) is 5.27. The number of carboxylic acids is 1. The summed E-state index contributed by atoms with van der Waals surface area (Å²) in [4.78, 5) is 23.2. The standard InChI is InChI=1S/C14H20N2O5/c1-14(2,15)7-12(17)16-9-6-11(21-4)10(20-3)5-8(9)13(18)19/h5-6H,7,15H2,1-4H3,(H,16,17)(H,18,19). The number of carboxylic acid groups (broad SMARTS) is 1. The number of hydrogen-bond donors (Lipinski definition) is 3. The molecule has 1 aromatic rings. The Morgan fingerprint density at radius 2 is 1.76 bits per heavy atom. The highest BCUT2D eigenvalue weighted by Gasteiger charge is 2.21. The van der Waals surface area contributed by atoms with Gasteiger partial charge >= 0.3 is 5.97 Å². The molecule has 0 spiro atoms. The van der Waals surface area contributed by atoms with E-state index in [2.05, 4.69) is 5.32 Å². The van der Waals surface area contributed by atoms with Crippen LogP contribution in [0.15, 0.2) is 12.1 Å². The van der Waals surface area contributed by atoms with E-state index in [1.165, 1.54) is 26.4 Å². The summed E-state index contributed by atoms with van der Waals surface area (Å²) in [6.45, 7) is 3.42. The van der Waals surface area contributed by atoms with Crippen molar-refractivity contribution >= 4 is 17.6 Å². The predicted molar refractivity (Wildman–Crippen MR) is 78.0 cm³/mol. The molecular weight excluding hydrogens is 276 g/mol. The van der Waals surface area contributed by atoms with E-state index in [1.807, 2.05) is 0 Å². The molecule has 0 bridgehead atoms. The van der Waals surface area contributed by atoms with Crippen molar-refractivity contribution in [2.75, 3.05) is 19.5 Å². The quantitative estimate of drug-likeness (QED) is 0.733. The maximum Gasteiger partial charge on any atom is 0.337 e. The molecule has 0 radical (unpaired) electrons. The van der Waals surface area contributed by atoms with E-state index >= 15 is 0 Å². The number of benzene rings is 1. The summed E-state index contributed by atoms with van der Waals surface area (Å²) in [6.07, 6.45) is 0.0560. The highest BCUT2D eigenvalue weighted by atomic mass is 16.5. The van der Waals surface area contributed by atoms with Crippen molar-refractivity contribution in [2.45, 2.75) is 25.8 Å². The van der Waals surface area contributed by atoms with Crippen LogP contribution in [-0.4, -0.2) is 36.7 Å². The first-order valence-corrected chi connectivity index (χ1v) is 6.26. The van der Waals surface area contributed by atoms with Gasteiger partial charge in [-0.25, -0.2) is 4.79 Å². The lowest BCUT2D eigenvalue weighted by Gasteiger charge is -2.19. The Labute approximate surface area is 123 Å². The van der Waals surface area contributed by atoms with E-state index in [0.717, 1.165) is 0 Å². The number of nitrogens with one attached hydrogen (secondary N) is 1. The van der Waals surface area contributed by atoms with Crippen LogP contribution in [0, 0.1) is 0 Å². The fraction of sp³-hybridized carbons (Fsp3) is 0.429. The molecule has 7 nitrogen and oxygen atoms in total. The lowest BCUT2D eigenvalue weighted by molar-refractivity contribution is -0.117. The van der Waals surface area contributed by atoms with Gasteiger partial charge in [-0.2, -0.15) is 0 Å². The Kier molecular flexibility index (Phi) is 5.15. The van der Waals surface area contributed by atoms with Gasteiger partial charge in [0.05, 0.1) is 25.5 Å². The number of hydrogen-bond acceptors (Lipinski definition) is 5. The first-order chi connectivity index (χ1) is 9.67. The average Bonchev–Trinajstić information content (AvgIpc) is 2.35. The lowest BCUT2D eigenvalue weighted by atomic mass is 10.0. The Morgan fingerprint density at radius 1 is 1.24 bits per heavy atom. The van der Waals surface area contributed by atoms with E-state index in [4.69, 9.17) is 15.2 Å². The number of carbonyl (C=O) groups excluding carboxylic acids is 1. The monoisotopic (exact) mass is 296 g/mol. The van der Waals surface area contributed by atoms with Crippen LogP contribution in [-0.2, 0) is 4.79 Å². The van der Waals surface area contributed by atoms with Crippen LogP contribution >= 0.6 is 0 Å². The fourth-order valence-electron chi connectivity index (χ4n) is 1.77. The summed E-state index contributed by atoms with van der Waals surface area (Å²) < 4.78 is 10.1. The molecule has 0 unspecified atom stereocenters. The zero-order valence-corrected chi connectivity index (χ0v) is 12.5. The van der Waals surface area contributed by atoms with Crippen molar-refractivity contribution in [2.24, 2.45) is 5.73 Å². The molecule has 0 atom stereocenters. The van der Waals surface area contributed by atoms with Crippen molar-refractivity contribution in [3.8, 4) is 11.5 Å². The van der Waals surface area contributed by atoms with E-state index in [-0.39, 0.29) is 29.3 Å². The summed E-state index contributed by atoms with van der Waals surface area (Å²) in [6, 6.07) is 2.70. The number of methoxy groups -OCH3 is 2. The Balaban J connectivity index is 3.15. The van der Waals surface area contributed by atoms with Gasteiger partial charge in [-0.05, 0) is 13.8 Å². The number of anilines is 1. The highest BCUT2D eigenvalue weighted by molar-refractivity contribution is 6.01. The third kappa shape index (κ3) is 4.64. The average molecular weight is 296 g/mol. The SMILES string of the molecule is COc1cc(NC(=O)CC(C)(C)N)c(C(=O)O)cc1OC. The molecule has 0 aliphatic rings. The molecule has 21 heavy (non-hydrogen) atoms. The van der Waals surface area contributed by atoms with E-state index in [0.29, 0.717) is 5.75 Å². The van der Waals surface area contributed by atoms with Gasteiger partial charge < -0.3 is 25.6 Å². The summed E-state index contributed by atoms with van der Waals surface area (Å²) in [5, 5.41) is 11.8. The van der Waals surface area contributed by atoms with Crippen LogP contribution in [0.2, 0.25) is 0 Å². The van der Waals surface area contributed by atoms with Crippen molar-refractivity contribution in [1.29, 1.82) is 0 Å². The topological polar surface area (TPSA) is 111 Å².